The number of benzene rings is 1. The van der Waals surface area contributed by atoms with Crippen LogP contribution in [0.3, 0.4) is 0 Å². The molecule has 186 valence electrons. The predicted molar refractivity (Wildman–Crippen MR) is 127 cm³/mol. The Morgan fingerprint density at radius 1 is 1.29 bits per heavy atom. The SMILES string of the molecule is O=C(C=Cc1ccc(N(C(=O)O)[C@@H]2CCN(Cc3cccc(F)c3)C2)nc1)NOC1CCCCO1. The Morgan fingerprint density at radius 3 is 2.89 bits per heavy atom. The Kier molecular flexibility index (Phi) is 8.40. The molecule has 0 radical (unpaired) electrons. The highest BCUT2D eigenvalue weighted by Gasteiger charge is 2.32. The number of hydrogen-bond donors (Lipinski definition) is 2. The molecular weight excluding hydrogens is 455 g/mol. The van der Waals surface area contributed by atoms with E-state index in [4.69, 9.17) is 9.57 Å². The molecule has 0 saturated carbocycles. The van der Waals surface area contributed by atoms with Crippen molar-refractivity contribution in [1.29, 1.82) is 0 Å². The second-order valence-corrected chi connectivity index (χ2v) is 8.62. The number of carbonyl (C=O) groups excluding carboxylic acids is 1. The standard InChI is InChI=1S/C25H29FN4O5/c26-20-5-3-4-19(14-20)16-29-12-11-21(17-29)30(25(32)33)22-9-7-18(15-27-22)8-10-23(31)28-35-24-6-1-2-13-34-24/h3-5,7-10,14-15,21,24H,1-2,6,11-13,16-17H2,(H,28,31)(H,32,33)/t21-,24?/m1/s1. The number of aromatic nitrogens is 1. The number of carbonyl (C=O) groups is 2. The van der Waals surface area contributed by atoms with Crippen molar-refractivity contribution in [1.82, 2.24) is 15.4 Å². The number of hydrogen-bond acceptors (Lipinski definition) is 6. The summed E-state index contributed by atoms with van der Waals surface area (Å²) in [4.78, 5) is 36.9. The van der Waals surface area contributed by atoms with Crippen LogP contribution in [-0.2, 0) is 20.9 Å². The molecule has 2 aliphatic rings. The maximum Gasteiger partial charge on any atom is 0.413 e. The zero-order valence-corrected chi connectivity index (χ0v) is 19.3. The van der Waals surface area contributed by atoms with E-state index in [1.807, 2.05) is 6.07 Å². The third kappa shape index (κ3) is 7.08. The van der Waals surface area contributed by atoms with Crippen LogP contribution in [0.1, 0.15) is 36.8 Å². The summed E-state index contributed by atoms with van der Waals surface area (Å²) < 4.78 is 18.9. The van der Waals surface area contributed by atoms with Gasteiger partial charge in [0.25, 0.3) is 5.91 Å². The lowest BCUT2D eigenvalue weighted by molar-refractivity contribution is -0.198. The molecule has 10 heteroatoms. The van der Waals surface area contributed by atoms with Gasteiger partial charge in [-0.05, 0) is 60.7 Å². The molecule has 2 atom stereocenters. The molecule has 2 aliphatic heterocycles. The average molecular weight is 485 g/mol. The minimum Gasteiger partial charge on any atom is -0.465 e. The number of nitrogens with zero attached hydrogens (tertiary/aromatic N) is 3. The van der Waals surface area contributed by atoms with Crippen LogP contribution in [0.4, 0.5) is 15.0 Å². The molecule has 1 aromatic heterocycles. The number of halogens is 1. The normalized spacial score (nSPS) is 20.7. The molecule has 0 aliphatic carbocycles. The number of carboxylic acid groups (broad SMARTS) is 1. The van der Waals surface area contributed by atoms with Gasteiger partial charge in [-0.1, -0.05) is 12.1 Å². The monoisotopic (exact) mass is 484 g/mol. The largest absolute Gasteiger partial charge is 0.465 e. The van der Waals surface area contributed by atoms with Crippen molar-refractivity contribution in [3.05, 3.63) is 65.6 Å². The molecule has 0 spiro atoms. The van der Waals surface area contributed by atoms with Crippen LogP contribution in [-0.4, -0.2) is 59.0 Å². The summed E-state index contributed by atoms with van der Waals surface area (Å²) in [7, 11) is 0. The van der Waals surface area contributed by atoms with Crippen LogP contribution in [0, 0.1) is 5.82 Å². The molecule has 4 rings (SSSR count). The molecule has 0 bridgehead atoms. The second kappa shape index (κ2) is 11.9. The van der Waals surface area contributed by atoms with Gasteiger partial charge in [-0.15, -0.1) is 0 Å². The van der Waals surface area contributed by atoms with Crippen molar-refractivity contribution in [3.63, 3.8) is 0 Å². The summed E-state index contributed by atoms with van der Waals surface area (Å²) in [6.07, 6.45) is 6.25. The number of anilines is 1. The van der Waals surface area contributed by atoms with Gasteiger partial charge in [-0.25, -0.2) is 24.5 Å². The highest BCUT2D eigenvalue weighted by atomic mass is 19.1. The Morgan fingerprint density at radius 2 is 2.17 bits per heavy atom. The van der Waals surface area contributed by atoms with E-state index in [-0.39, 0.29) is 11.9 Å². The Labute approximate surface area is 203 Å². The van der Waals surface area contributed by atoms with Crippen LogP contribution >= 0.6 is 0 Å². The topological polar surface area (TPSA) is 104 Å². The molecule has 1 aromatic carbocycles. The first-order chi connectivity index (χ1) is 17.0. The lowest BCUT2D eigenvalue weighted by Crippen LogP contribution is -2.41. The van der Waals surface area contributed by atoms with Crippen LogP contribution < -0.4 is 10.4 Å². The lowest BCUT2D eigenvalue weighted by atomic mass is 10.2. The fraction of sp³-hybridized carbons (Fsp3) is 0.400. The third-order valence-electron chi connectivity index (χ3n) is 5.99. The minimum atomic E-state index is -1.08. The van der Waals surface area contributed by atoms with Crippen LogP contribution in [0.5, 0.6) is 0 Å². The summed E-state index contributed by atoms with van der Waals surface area (Å²) in [5, 5.41) is 9.84. The molecule has 2 saturated heterocycles. The van der Waals surface area contributed by atoms with E-state index in [0.29, 0.717) is 44.0 Å². The molecule has 1 unspecified atom stereocenters. The Bertz CT molecular complexity index is 1040. The van der Waals surface area contributed by atoms with Gasteiger partial charge in [-0.3, -0.25) is 14.6 Å². The summed E-state index contributed by atoms with van der Waals surface area (Å²) in [5.41, 5.74) is 3.84. The minimum absolute atomic E-state index is 0.264. The van der Waals surface area contributed by atoms with Gasteiger partial charge in [0.2, 0.25) is 0 Å². The molecule has 3 heterocycles. The molecule has 2 N–H and O–H groups in total. The van der Waals surface area contributed by atoms with Gasteiger partial charge in [-0.2, -0.15) is 0 Å². The lowest BCUT2D eigenvalue weighted by Gasteiger charge is -2.25. The predicted octanol–water partition coefficient (Wildman–Crippen LogP) is 3.57. The number of hydroxylamine groups is 1. The molecule has 2 aromatic rings. The number of pyridine rings is 1. The van der Waals surface area contributed by atoms with Crippen molar-refractivity contribution >= 4 is 23.9 Å². The third-order valence-corrected chi connectivity index (χ3v) is 5.99. The summed E-state index contributed by atoms with van der Waals surface area (Å²) in [5.74, 6) is -0.402. The number of likely N-dealkylation sites (tertiary alicyclic amines) is 1. The van der Waals surface area contributed by atoms with Crippen LogP contribution in [0.15, 0.2) is 48.7 Å². The fourth-order valence-electron chi connectivity index (χ4n) is 4.27. The summed E-state index contributed by atoms with van der Waals surface area (Å²) >= 11 is 0. The smallest absolute Gasteiger partial charge is 0.413 e. The van der Waals surface area contributed by atoms with Gasteiger partial charge in [0.15, 0.2) is 6.29 Å². The van der Waals surface area contributed by atoms with Crippen molar-refractivity contribution in [3.8, 4) is 0 Å². The van der Waals surface area contributed by atoms with E-state index in [1.165, 1.54) is 29.3 Å². The second-order valence-electron chi connectivity index (χ2n) is 8.62. The maximum absolute atomic E-state index is 13.5. The number of ether oxygens (including phenoxy) is 1. The fourth-order valence-corrected chi connectivity index (χ4v) is 4.27. The average Bonchev–Trinajstić information content (AvgIpc) is 3.30. The first kappa shape index (κ1) is 24.8. The highest BCUT2D eigenvalue weighted by molar-refractivity contribution is 5.91. The molecule has 2 amide bonds. The van der Waals surface area contributed by atoms with Crippen LogP contribution in [0.2, 0.25) is 0 Å². The Balaban J connectivity index is 1.31. The zero-order valence-electron chi connectivity index (χ0n) is 19.3. The van der Waals surface area contributed by atoms with E-state index in [2.05, 4.69) is 15.4 Å². The van der Waals surface area contributed by atoms with Gasteiger partial charge >= 0.3 is 6.09 Å². The van der Waals surface area contributed by atoms with E-state index >= 15 is 0 Å². The van der Waals surface area contributed by atoms with Crippen molar-refractivity contribution in [2.24, 2.45) is 0 Å². The van der Waals surface area contributed by atoms with Gasteiger partial charge < -0.3 is 9.84 Å². The number of rotatable bonds is 8. The first-order valence-electron chi connectivity index (χ1n) is 11.7. The molecule has 35 heavy (non-hydrogen) atoms. The number of amides is 2. The quantitative estimate of drug-likeness (QED) is 0.436. The highest BCUT2D eigenvalue weighted by Crippen LogP contribution is 2.23. The summed E-state index contributed by atoms with van der Waals surface area (Å²) in [6.45, 7) is 2.40. The Hall–Kier alpha value is -3.34. The van der Waals surface area contributed by atoms with Crippen molar-refractivity contribution in [2.45, 2.75) is 44.6 Å². The van der Waals surface area contributed by atoms with E-state index in [1.54, 1.807) is 24.3 Å². The zero-order chi connectivity index (χ0) is 24.6. The molecule has 9 nitrogen and oxygen atoms in total. The van der Waals surface area contributed by atoms with E-state index < -0.39 is 18.3 Å². The van der Waals surface area contributed by atoms with Crippen LogP contribution in [0.25, 0.3) is 6.08 Å². The molecular formula is C25H29FN4O5. The molecule has 2 fully saturated rings. The summed E-state index contributed by atoms with van der Waals surface area (Å²) in [6, 6.07) is 9.48. The van der Waals surface area contributed by atoms with E-state index in [0.717, 1.165) is 24.8 Å². The van der Waals surface area contributed by atoms with Crippen molar-refractivity contribution in [2.75, 3.05) is 24.6 Å². The van der Waals surface area contributed by atoms with Gasteiger partial charge in [0.1, 0.15) is 11.6 Å². The van der Waals surface area contributed by atoms with Gasteiger partial charge in [0.05, 0.1) is 6.04 Å². The first-order valence-corrected chi connectivity index (χ1v) is 11.7. The maximum atomic E-state index is 13.5. The van der Waals surface area contributed by atoms with Gasteiger partial charge in [0, 0.05) is 44.9 Å². The van der Waals surface area contributed by atoms with Crippen molar-refractivity contribution < 1.29 is 28.7 Å². The van der Waals surface area contributed by atoms with E-state index in [9.17, 15) is 19.1 Å². The number of nitrogens with one attached hydrogen (secondary N) is 1.